The number of carbonyl (C=O) groups is 1. The molecule has 0 saturated carbocycles. The van der Waals surface area contributed by atoms with E-state index in [0.29, 0.717) is 17.1 Å². The Hall–Kier alpha value is -2.44. The molecule has 0 radical (unpaired) electrons. The number of H-pyrrole nitrogens is 1. The second-order valence-electron chi connectivity index (χ2n) is 3.89. The molecule has 18 heavy (non-hydrogen) atoms. The van der Waals surface area contributed by atoms with Crippen LogP contribution in [0.3, 0.4) is 0 Å². The summed E-state index contributed by atoms with van der Waals surface area (Å²) in [7, 11) is 0. The Morgan fingerprint density at radius 1 is 1.39 bits per heavy atom. The van der Waals surface area contributed by atoms with Gasteiger partial charge in [0, 0.05) is 6.20 Å². The van der Waals surface area contributed by atoms with Crippen molar-refractivity contribution >= 4 is 11.7 Å². The van der Waals surface area contributed by atoms with E-state index >= 15 is 0 Å². The minimum Gasteiger partial charge on any atom is -0.489 e. The Kier molecular flexibility index (Phi) is 3.52. The summed E-state index contributed by atoms with van der Waals surface area (Å²) in [5.74, 6) is 0.596. The molecule has 0 saturated heterocycles. The maximum Gasteiger partial charge on any atom is 0.258 e. The first kappa shape index (κ1) is 12.0. The zero-order valence-corrected chi connectivity index (χ0v) is 10.0. The number of rotatable bonds is 4. The summed E-state index contributed by atoms with van der Waals surface area (Å²) in [6.45, 7) is 3.81. The molecule has 2 rings (SSSR count). The summed E-state index contributed by atoms with van der Waals surface area (Å²) in [6.07, 6.45) is 4.47. The van der Waals surface area contributed by atoms with Crippen molar-refractivity contribution < 1.29 is 9.53 Å². The molecule has 0 aromatic carbocycles. The first-order chi connectivity index (χ1) is 8.65. The van der Waals surface area contributed by atoms with Gasteiger partial charge >= 0.3 is 0 Å². The van der Waals surface area contributed by atoms with E-state index in [1.807, 2.05) is 13.8 Å². The van der Waals surface area contributed by atoms with Crippen LogP contribution in [0.4, 0.5) is 5.82 Å². The van der Waals surface area contributed by atoms with E-state index in [4.69, 9.17) is 4.74 Å². The molecular formula is C11H13N5O2. The Balaban J connectivity index is 2.10. The molecule has 1 amide bonds. The Morgan fingerprint density at radius 3 is 2.89 bits per heavy atom. The summed E-state index contributed by atoms with van der Waals surface area (Å²) in [6, 6.07) is 1.63. The van der Waals surface area contributed by atoms with Crippen LogP contribution in [0, 0.1) is 0 Å². The smallest absolute Gasteiger partial charge is 0.258 e. The van der Waals surface area contributed by atoms with Gasteiger partial charge in [0.15, 0.2) is 5.82 Å². The van der Waals surface area contributed by atoms with Gasteiger partial charge < -0.3 is 10.1 Å². The molecular weight excluding hydrogens is 234 g/mol. The molecule has 2 aromatic rings. The molecule has 0 atom stereocenters. The number of pyridine rings is 1. The predicted molar refractivity (Wildman–Crippen MR) is 64.3 cm³/mol. The number of anilines is 1. The third-order valence-corrected chi connectivity index (χ3v) is 2.00. The van der Waals surface area contributed by atoms with Crippen LogP contribution in [0.2, 0.25) is 0 Å². The summed E-state index contributed by atoms with van der Waals surface area (Å²) in [4.78, 5) is 15.8. The average Bonchev–Trinajstić information content (AvgIpc) is 2.81. The SMILES string of the molecule is CC(C)Oc1cncc(C(=O)Nc2cn[nH]n2)c1. The Bertz CT molecular complexity index is 524. The zero-order valence-electron chi connectivity index (χ0n) is 10.0. The van der Waals surface area contributed by atoms with Crippen LogP contribution in [0.5, 0.6) is 5.75 Å². The molecule has 2 N–H and O–H groups in total. The largest absolute Gasteiger partial charge is 0.489 e. The van der Waals surface area contributed by atoms with Crippen LogP contribution >= 0.6 is 0 Å². The molecule has 0 aliphatic rings. The van der Waals surface area contributed by atoms with Crippen molar-refractivity contribution in [3.63, 3.8) is 0 Å². The zero-order chi connectivity index (χ0) is 13.0. The molecule has 7 heteroatoms. The number of ether oxygens (including phenoxy) is 1. The second-order valence-corrected chi connectivity index (χ2v) is 3.89. The van der Waals surface area contributed by atoms with E-state index in [1.165, 1.54) is 12.4 Å². The molecule has 94 valence electrons. The predicted octanol–water partition coefficient (Wildman–Crippen LogP) is 1.24. The van der Waals surface area contributed by atoms with E-state index < -0.39 is 0 Å². The van der Waals surface area contributed by atoms with Gasteiger partial charge in [0.2, 0.25) is 0 Å². The van der Waals surface area contributed by atoms with Crippen molar-refractivity contribution in [3.8, 4) is 5.75 Å². The number of nitrogens with zero attached hydrogens (tertiary/aromatic N) is 3. The van der Waals surface area contributed by atoms with Crippen LogP contribution < -0.4 is 10.1 Å². The molecule has 2 aromatic heterocycles. The summed E-state index contributed by atoms with van der Waals surface area (Å²) in [5.41, 5.74) is 0.399. The van der Waals surface area contributed by atoms with Crippen LogP contribution in [-0.4, -0.2) is 32.4 Å². The van der Waals surface area contributed by atoms with Gasteiger partial charge in [-0.1, -0.05) is 0 Å². The fraction of sp³-hybridized carbons (Fsp3) is 0.273. The van der Waals surface area contributed by atoms with Crippen LogP contribution in [0.1, 0.15) is 24.2 Å². The number of hydrogen-bond acceptors (Lipinski definition) is 5. The highest BCUT2D eigenvalue weighted by molar-refractivity contribution is 6.03. The van der Waals surface area contributed by atoms with Crippen molar-refractivity contribution in [1.29, 1.82) is 0 Å². The monoisotopic (exact) mass is 247 g/mol. The van der Waals surface area contributed by atoms with Gasteiger partial charge in [-0.2, -0.15) is 10.3 Å². The lowest BCUT2D eigenvalue weighted by Crippen LogP contribution is -2.13. The van der Waals surface area contributed by atoms with E-state index in [0.717, 1.165) is 0 Å². The van der Waals surface area contributed by atoms with Gasteiger partial charge in [-0.25, -0.2) is 0 Å². The number of carbonyl (C=O) groups excluding carboxylic acids is 1. The van der Waals surface area contributed by atoms with Gasteiger partial charge in [0.1, 0.15) is 5.75 Å². The number of hydrogen-bond donors (Lipinski definition) is 2. The van der Waals surface area contributed by atoms with E-state index in [1.54, 1.807) is 12.3 Å². The van der Waals surface area contributed by atoms with Crippen molar-refractivity contribution in [2.75, 3.05) is 5.32 Å². The lowest BCUT2D eigenvalue weighted by molar-refractivity contribution is 0.102. The molecule has 7 nitrogen and oxygen atoms in total. The fourth-order valence-electron chi connectivity index (χ4n) is 1.33. The minimum absolute atomic E-state index is 0.0284. The summed E-state index contributed by atoms with van der Waals surface area (Å²) in [5, 5.41) is 12.3. The van der Waals surface area contributed by atoms with Gasteiger partial charge in [0.05, 0.1) is 24.1 Å². The molecule has 0 spiro atoms. The maximum atomic E-state index is 11.9. The van der Waals surface area contributed by atoms with E-state index in [-0.39, 0.29) is 12.0 Å². The van der Waals surface area contributed by atoms with Gasteiger partial charge in [-0.15, -0.1) is 5.10 Å². The topological polar surface area (TPSA) is 92.8 Å². The standard InChI is InChI=1S/C11H13N5O2/c1-7(2)18-9-3-8(4-12-5-9)11(17)14-10-6-13-16-15-10/h3-7H,1-2H3,(H2,13,14,15,16,17). The minimum atomic E-state index is -0.314. The molecule has 2 heterocycles. The van der Waals surface area contributed by atoms with Crippen LogP contribution in [0.15, 0.2) is 24.7 Å². The fourth-order valence-corrected chi connectivity index (χ4v) is 1.33. The number of nitrogens with one attached hydrogen (secondary N) is 2. The van der Waals surface area contributed by atoms with Crippen molar-refractivity contribution in [3.05, 3.63) is 30.2 Å². The summed E-state index contributed by atoms with van der Waals surface area (Å²) >= 11 is 0. The highest BCUT2D eigenvalue weighted by atomic mass is 16.5. The van der Waals surface area contributed by atoms with Gasteiger partial charge in [-0.3, -0.25) is 9.78 Å². The lowest BCUT2D eigenvalue weighted by atomic mass is 10.2. The van der Waals surface area contributed by atoms with Crippen molar-refractivity contribution in [2.45, 2.75) is 20.0 Å². The summed E-state index contributed by atoms with van der Waals surface area (Å²) < 4.78 is 5.46. The normalized spacial score (nSPS) is 10.4. The third kappa shape index (κ3) is 3.03. The Labute approximate surface area is 104 Å². The van der Waals surface area contributed by atoms with Crippen molar-refractivity contribution in [1.82, 2.24) is 20.4 Å². The average molecular weight is 247 g/mol. The second kappa shape index (κ2) is 5.26. The van der Waals surface area contributed by atoms with Gasteiger partial charge in [-0.05, 0) is 19.9 Å². The first-order valence-corrected chi connectivity index (χ1v) is 5.44. The molecule has 0 fully saturated rings. The van der Waals surface area contributed by atoms with E-state index in [2.05, 4.69) is 25.7 Å². The number of aromatic amines is 1. The highest BCUT2D eigenvalue weighted by Crippen LogP contribution is 2.13. The van der Waals surface area contributed by atoms with Crippen LogP contribution in [-0.2, 0) is 0 Å². The molecule has 0 aliphatic carbocycles. The third-order valence-electron chi connectivity index (χ3n) is 2.00. The molecule has 0 unspecified atom stereocenters. The Morgan fingerprint density at radius 2 is 2.22 bits per heavy atom. The van der Waals surface area contributed by atoms with E-state index in [9.17, 15) is 4.79 Å². The number of amides is 1. The quantitative estimate of drug-likeness (QED) is 0.847. The van der Waals surface area contributed by atoms with Gasteiger partial charge in [0.25, 0.3) is 5.91 Å². The molecule has 0 bridgehead atoms. The first-order valence-electron chi connectivity index (χ1n) is 5.44. The lowest BCUT2D eigenvalue weighted by Gasteiger charge is -2.09. The maximum absolute atomic E-state index is 11.9. The molecule has 0 aliphatic heterocycles. The number of aromatic nitrogens is 4. The highest BCUT2D eigenvalue weighted by Gasteiger charge is 2.09. The van der Waals surface area contributed by atoms with Crippen LogP contribution in [0.25, 0.3) is 0 Å². The van der Waals surface area contributed by atoms with Crippen molar-refractivity contribution in [2.24, 2.45) is 0 Å².